The molecular formula is C50H96O9Si3. The van der Waals surface area contributed by atoms with Gasteiger partial charge in [-0.1, -0.05) is 113 Å². The molecule has 0 saturated carbocycles. The predicted octanol–water partition coefficient (Wildman–Crippen LogP) is 13.1. The second-order valence-electron chi connectivity index (χ2n) is 19.2. The topological polar surface area (TPSA) is 105 Å². The minimum Gasteiger partial charge on any atom is -0.457 e. The fraction of sp³-hybridized carbons (Fsp3) is 0.860. The Hall–Kier alpha value is -0.939. The minimum atomic E-state index is -2.08. The van der Waals surface area contributed by atoms with Crippen molar-refractivity contribution in [3.63, 3.8) is 0 Å². The lowest BCUT2D eigenvalue weighted by atomic mass is 9.88. The van der Waals surface area contributed by atoms with Crippen LogP contribution in [0.3, 0.4) is 0 Å². The van der Waals surface area contributed by atoms with Crippen LogP contribution in [-0.4, -0.2) is 96.8 Å². The molecule has 0 aromatic rings. The summed E-state index contributed by atoms with van der Waals surface area (Å²) in [6.07, 6.45) is 11.2. The van der Waals surface area contributed by atoms with Crippen LogP contribution in [0, 0.1) is 11.8 Å². The first kappa shape index (κ1) is 57.2. The van der Waals surface area contributed by atoms with Crippen LogP contribution in [0.5, 0.6) is 0 Å². The van der Waals surface area contributed by atoms with Gasteiger partial charge in [-0.3, -0.25) is 4.79 Å². The number of hydrogen-bond donors (Lipinski definition) is 1. The normalized spacial score (nSPS) is 29.0. The van der Waals surface area contributed by atoms with Crippen LogP contribution < -0.4 is 0 Å². The lowest BCUT2D eigenvalue weighted by Gasteiger charge is -2.39. The molecule has 12 heteroatoms. The third kappa shape index (κ3) is 16.1. The van der Waals surface area contributed by atoms with Crippen LogP contribution in [0.15, 0.2) is 36.0 Å². The van der Waals surface area contributed by atoms with Crippen molar-refractivity contribution in [1.29, 1.82) is 0 Å². The van der Waals surface area contributed by atoms with Crippen LogP contribution in [0.2, 0.25) is 54.4 Å². The van der Waals surface area contributed by atoms with E-state index in [2.05, 4.69) is 101 Å². The fourth-order valence-corrected chi connectivity index (χ4v) is 18.9. The molecule has 0 bridgehead atoms. The minimum absolute atomic E-state index is 0.0979. The van der Waals surface area contributed by atoms with Gasteiger partial charge in [0.15, 0.2) is 31.2 Å². The first-order valence-corrected chi connectivity index (χ1v) is 32.8. The predicted molar refractivity (Wildman–Crippen MR) is 265 cm³/mol. The average Bonchev–Trinajstić information content (AvgIpc) is 4.03. The molecule has 2 rings (SSSR count). The molecule has 0 aliphatic carbocycles. The first-order valence-electron chi connectivity index (χ1n) is 25.2. The highest BCUT2D eigenvalue weighted by atomic mass is 28.4. The van der Waals surface area contributed by atoms with Crippen LogP contribution in [-0.2, 0) is 37.0 Å². The van der Waals surface area contributed by atoms with E-state index in [0.29, 0.717) is 25.4 Å². The summed E-state index contributed by atoms with van der Waals surface area (Å²) in [4.78, 5) is 14.0. The number of epoxide rings is 1. The maximum Gasteiger partial charge on any atom is 0.308 e. The summed E-state index contributed by atoms with van der Waals surface area (Å²) in [5.41, 5.74) is -0.577. The molecular weight excluding hydrogens is 829 g/mol. The Bertz CT molecular complexity index is 1370. The average molecular weight is 926 g/mol. The molecule has 0 amide bonds. The van der Waals surface area contributed by atoms with E-state index in [1.807, 2.05) is 40.7 Å². The molecule has 1 saturated heterocycles. The van der Waals surface area contributed by atoms with E-state index in [-0.39, 0.29) is 42.7 Å². The van der Waals surface area contributed by atoms with Crippen molar-refractivity contribution in [3.05, 3.63) is 36.0 Å². The van der Waals surface area contributed by atoms with Gasteiger partial charge in [-0.15, -0.1) is 0 Å². The van der Waals surface area contributed by atoms with Crippen molar-refractivity contribution in [2.45, 2.75) is 258 Å². The Kier molecular flexibility index (Phi) is 24.4. The number of carbonyl (C=O) groups excluding carboxylic acids is 1. The largest absolute Gasteiger partial charge is 0.457 e. The van der Waals surface area contributed by atoms with Crippen molar-refractivity contribution in [3.8, 4) is 0 Å². The van der Waals surface area contributed by atoms with Gasteiger partial charge in [-0.25, -0.2) is 0 Å². The first-order chi connectivity index (χ1) is 29.2. The highest BCUT2D eigenvalue weighted by Crippen LogP contribution is 2.43. The Labute approximate surface area is 384 Å². The van der Waals surface area contributed by atoms with Gasteiger partial charge in [0.25, 0.3) is 0 Å². The molecule has 1 N–H and O–H groups in total. The molecule has 11 atom stereocenters. The number of cyclic esters (lactones) is 1. The summed E-state index contributed by atoms with van der Waals surface area (Å²) < 4.78 is 46.5. The van der Waals surface area contributed by atoms with Crippen molar-refractivity contribution in [2.75, 3.05) is 6.61 Å². The number of esters is 1. The summed E-state index contributed by atoms with van der Waals surface area (Å²) in [7, 11) is -5.86. The number of aliphatic hydroxyl groups excluding tert-OH is 1. The molecule has 2 heterocycles. The van der Waals surface area contributed by atoms with Gasteiger partial charge in [-0.2, -0.15) is 0 Å². The van der Waals surface area contributed by atoms with Crippen molar-refractivity contribution in [2.24, 2.45) is 11.8 Å². The fourth-order valence-electron chi connectivity index (χ4n) is 9.88. The number of hydrogen-bond acceptors (Lipinski definition) is 9. The molecule has 0 spiro atoms. The van der Waals surface area contributed by atoms with Gasteiger partial charge >= 0.3 is 5.97 Å². The summed E-state index contributed by atoms with van der Waals surface area (Å²) >= 11 is 0. The summed E-state index contributed by atoms with van der Waals surface area (Å²) in [6.45, 7) is 37.5. The van der Waals surface area contributed by atoms with E-state index in [0.717, 1.165) is 72.8 Å². The maximum atomic E-state index is 14.0. The third-order valence-corrected chi connectivity index (χ3v) is 29.3. The van der Waals surface area contributed by atoms with Crippen molar-refractivity contribution < 1.29 is 42.1 Å². The van der Waals surface area contributed by atoms with Crippen LogP contribution in [0.1, 0.15) is 150 Å². The Balaban J connectivity index is 2.53. The third-order valence-electron chi connectivity index (χ3n) is 15.2. The van der Waals surface area contributed by atoms with Gasteiger partial charge in [0.1, 0.15) is 12.2 Å². The lowest BCUT2D eigenvalue weighted by Crippen LogP contribution is -2.46. The van der Waals surface area contributed by atoms with E-state index < -0.39 is 54.7 Å². The Morgan fingerprint density at radius 3 is 1.98 bits per heavy atom. The van der Waals surface area contributed by atoms with Crippen LogP contribution in [0.25, 0.3) is 0 Å². The number of carbonyl (C=O) groups is 1. The zero-order valence-corrected chi connectivity index (χ0v) is 45.9. The molecule has 1 fully saturated rings. The second kappa shape index (κ2) is 26.4. The number of ether oxygens (including phenoxy) is 4. The lowest BCUT2D eigenvalue weighted by molar-refractivity contribution is -0.221. The molecule has 2 aliphatic heterocycles. The van der Waals surface area contributed by atoms with Crippen molar-refractivity contribution in [1.82, 2.24) is 0 Å². The molecule has 0 aromatic heterocycles. The number of rotatable bonds is 27. The molecule has 9 nitrogen and oxygen atoms in total. The van der Waals surface area contributed by atoms with E-state index in [1.54, 1.807) is 6.08 Å². The zero-order chi connectivity index (χ0) is 46.9. The van der Waals surface area contributed by atoms with Crippen molar-refractivity contribution >= 4 is 30.9 Å². The molecule has 2 aliphatic rings. The maximum absolute atomic E-state index is 14.0. The van der Waals surface area contributed by atoms with Gasteiger partial charge in [0, 0.05) is 31.0 Å². The van der Waals surface area contributed by atoms with Crippen LogP contribution in [0.4, 0.5) is 0 Å². The number of aliphatic hydroxyl groups is 1. The molecule has 0 radical (unpaired) electrons. The Morgan fingerprint density at radius 2 is 1.47 bits per heavy atom. The molecule has 0 aromatic carbocycles. The van der Waals surface area contributed by atoms with E-state index in [1.165, 1.54) is 0 Å². The highest BCUT2D eigenvalue weighted by Gasteiger charge is 2.51. The van der Waals surface area contributed by atoms with E-state index in [4.69, 9.17) is 32.2 Å². The SMILES string of the molecule is CCOC(C)O[C@]1(C)CC[C@@H](O[Si](CC)(CC)CC)CC(=O)O[C@H](/C(C)=C/C=C/C(C)(C[C@@H]2O[C@H]2C(C)C(CC)O[Si](CC)(CC)CC)O[Si](CC)(CC)CC)[C@@H](C)/C=C/[C@@H]1O. The summed E-state index contributed by atoms with van der Waals surface area (Å²) in [5.74, 6) is -0.197. The summed E-state index contributed by atoms with van der Waals surface area (Å²) in [5, 5.41) is 11.8. The second-order valence-corrected chi connectivity index (χ2v) is 33.4. The molecule has 362 valence electrons. The monoisotopic (exact) mass is 925 g/mol. The van der Waals surface area contributed by atoms with E-state index in [9.17, 15) is 9.90 Å². The highest BCUT2D eigenvalue weighted by molar-refractivity contribution is 6.74. The smallest absolute Gasteiger partial charge is 0.308 e. The number of allylic oxidation sites excluding steroid dienone is 2. The Morgan fingerprint density at radius 1 is 0.903 bits per heavy atom. The van der Waals surface area contributed by atoms with Gasteiger partial charge < -0.3 is 37.3 Å². The quantitative estimate of drug-likeness (QED) is 0.0215. The molecule has 62 heavy (non-hydrogen) atoms. The van der Waals surface area contributed by atoms with Gasteiger partial charge in [0.05, 0.1) is 35.9 Å². The van der Waals surface area contributed by atoms with Crippen LogP contribution >= 0.6 is 0 Å². The molecule has 4 unspecified atom stereocenters. The van der Waals surface area contributed by atoms with Gasteiger partial charge in [0.2, 0.25) is 0 Å². The standard InChI is InChI=1S/C50H96O9Si3/c1-18-43(58-61(23-6,24-7)25-8)40(14)48-44(54-48)37-49(16,59-62(26-9,27-10)28-11)34-29-30-38(12)47-39(13)31-32-45(51)50(17,56-41(15)53-19-2)35-33-42(36-46(52)55-47)57-60(20-3,21-4)22-5/h29-32,34,39-45,47-48,51H,18-28,33,35-37H2,1-17H3/b32-31+,34-29+,38-30+/t39-,40?,41?,42+,43?,44-,45-,47+,48-,49?,50+/m0/s1. The zero-order valence-electron chi connectivity index (χ0n) is 42.9. The summed E-state index contributed by atoms with van der Waals surface area (Å²) in [6, 6.07) is 9.52. The van der Waals surface area contributed by atoms with E-state index >= 15 is 0 Å². The van der Waals surface area contributed by atoms with Gasteiger partial charge in [-0.05, 0) is 114 Å².